The van der Waals surface area contributed by atoms with Crippen molar-refractivity contribution in [1.82, 2.24) is 5.32 Å². The van der Waals surface area contributed by atoms with Crippen LogP contribution in [0.15, 0.2) is 53.0 Å². The van der Waals surface area contributed by atoms with Gasteiger partial charge in [-0.3, -0.25) is 0 Å². The molecule has 1 unspecified atom stereocenters. The Labute approximate surface area is 111 Å². The highest BCUT2D eigenvalue weighted by Gasteiger charge is 2.04. The number of hydrogen-bond acceptors (Lipinski definition) is 1. The second-order valence-electron chi connectivity index (χ2n) is 4.14. The third kappa shape index (κ3) is 2.96. The summed E-state index contributed by atoms with van der Waals surface area (Å²) in [7, 11) is 1.98. The van der Waals surface area contributed by atoms with Crippen LogP contribution in [0.5, 0.6) is 0 Å². The molecule has 1 N–H and O–H groups in total. The molecule has 2 rings (SSSR count). The van der Waals surface area contributed by atoms with E-state index in [2.05, 4.69) is 76.7 Å². The van der Waals surface area contributed by atoms with Gasteiger partial charge in [-0.15, -0.1) is 0 Å². The molecule has 88 valence electrons. The standard InChI is InChI=1S/C15H16BrN/c1-11(17-2)13-4-3-5-14(10-13)12-6-8-15(16)9-7-12/h3-11,17H,1-2H3. The van der Waals surface area contributed by atoms with Gasteiger partial charge >= 0.3 is 0 Å². The van der Waals surface area contributed by atoms with Crippen molar-refractivity contribution in [3.8, 4) is 11.1 Å². The van der Waals surface area contributed by atoms with E-state index >= 15 is 0 Å². The largest absolute Gasteiger partial charge is 0.313 e. The summed E-state index contributed by atoms with van der Waals surface area (Å²) in [5, 5.41) is 3.26. The number of halogens is 1. The Morgan fingerprint density at radius 2 is 1.71 bits per heavy atom. The van der Waals surface area contributed by atoms with E-state index in [1.165, 1.54) is 16.7 Å². The highest BCUT2D eigenvalue weighted by molar-refractivity contribution is 9.10. The van der Waals surface area contributed by atoms with Crippen LogP contribution in [0.4, 0.5) is 0 Å². The van der Waals surface area contributed by atoms with Gasteiger partial charge in [0, 0.05) is 10.5 Å². The molecular weight excluding hydrogens is 274 g/mol. The highest BCUT2D eigenvalue weighted by Crippen LogP contribution is 2.24. The zero-order valence-corrected chi connectivity index (χ0v) is 11.7. The van der Waals surface area contributed by atoms with Gasteiger partial charge in [0.2, 0.25) is 0 Å². The number of benzene rings is 2. The molecule has 0 radical (unpaired) electrons. The first kappa shape index (κ1) is 12.3. The van der Waals surface area contributed by atoms with E-state index in [1.807, 2.05) is 7.05 Å². The van der Waals surface area contributed by atoms with Gasteiger partial charge in [-0.2, -0.15) is 0 Å². The molecule has 0 spiro atoms. The smallest absolute Gasteiger partial charge is 0.0289 e. The van der Waals surface area contributed by atoms with Crippen molar-refractivity contribution in [2.75, 3.05) is 7.05 Å². The molecule has 2 aromatic rings. The average molecular weight is 290 g/mol. The molecular formula is C15H16BrN. The second kappa shape index (κ2) is 5.48. The van der Waals surface area contributed by atoms with Gasteiger partial charge in [0.25, 0.3) is 0 Å². The lowest BCUT2D eigenvalue weighted by Gasteiger charge is -2.12. The fourth-order valence-corrected chi connectivity index (χ4v) is 2.06. The normalized spacial score (nSPS) is 12.4. The molecule has 17 heavy (non-hydrogen) atoms. The van der Waals surface area contributed by atoms with E-state index in [1.54, 1.807) is 0 Å². The van der Waals surface area contributed by atoms with Gasteiger partial charge in [0.1, 0.15) is 0 Å². The maximum atomic E-state index is 3.46. The zero-order chi connectivity index (χ0) is 12.3. The predicted molar refractivity (Wildman–Crippen MR) is 77.1 cm³/mol. The summed E-state index contributed by atoms with van der Waals surface area (Å²) in [5.41, 5.74) is 3.82. The summed E-state index contributed by atoms with van der Waals surface area (Å²) in [5.74, 6) is 0. The fraction of sp³-hybridized carbons (Fsp3) is 0.200. The number of rotatable bonds is 3. The minimum absolute atomic E-state index is 0.380. The van der Waals surface area contributed by atoms with Crippen molar-refractivity contribution in [1.29, 1.82) is 0 Å². The summed E-state index contributed by atoms with van der Waals surface area (Å²) < 4.78 is 1.11. The topological polar surface area (TPSA) is 12.0 Å². The van der Waals surface area contributed by atoms with Crippen LogP contribution < -0.4 is 5.32 Å². The molecule has 0 heterocycles. The molecule has 0 amide bonds. The molecule has 0 aliphatic rings. The molecule has 0 saturated carbocycles. The van der Waals surface area contributed by atoms with Gasteiger partial charge < -0.3 is 5.32 Å². The van der Waals surface area contributed by atoms with Gasteiger partial charge in [-0.05, 0) is 48.9 Å². The van der Waals surface area contributed by atoms with Crippen LogP contribution in [0.25, 0.3) is 11.1 Å². The first-order valence-electron chi connectivity index (χ1n) is 5.74. The molecule has 2 aromatic carbocycles. The molecule has 0 aliphatic heterocycles. The van der Waals surface area contributed by atoms with Gasteiger partial charge in [0.15, 0.2) is 0 Å². The summed E-state index contributed by atoms with van der Waals surface area (Å²) in [4.78, 5) is 0. The van der Waals surface area contributed by atoms with Crippen LogP contribution in [0.3, 0.4) is 0 Å². The van der Waals surface area contributed by atoms with Crippen LogP contribution in [-0.4, -0.2) is 7.05 Å². The Hall–Kier alpha value is -1.12. The Bertz CT molecular complexity index is 491. The summed E-state index contributed by atoms with van der Waals surface area (Å²) in [6.07, 6.45) is 0. The lowest BCUT2D eigenvalue weighted by Crippen LogP contribution is -2.12. The van der Waals surface area contributed by atoms with E-state index in [0.29, 0.717) is 6.04 Å². The molecule has 0 saturated heterocycles. The maximum Gasteiger partial charge on any atom is 0.0289 e. The number of nitrogens with one attached hydrogen (secondary N) is 1. The predicted octanol–water partition coefficient (Wildman–Crippen LogP) is 4.40. The van der Waals surface area contributed by atoms with Gasteiger partial charge in [-0.1, -0.05) is 46.3 Å². The molecule has 1 nitrogen and oxygen atoms in total. The van der Waals surface area contributed by atoms with Crippen molar-refractivity contribution in [3.63, 3.8) is 0 Å². The van der Waals surface area contributed by atoms with Crippen molar-refractivity contribution in [2.45, 2.75) is 13.0 Å². The maximum absolute atomic E-state index is 3.46. The molecule has 0 fully saturated rings. The highest BCUT2D eigenvalue weighted by atomic mass is 79.9. The van der Waals surface area contributed by atoms with E-state index in [4.69, 9.17) is 0 Å². The SMILES string of the molecule is CNC(C)c1cccc(-c2ccc(Br)cc2)c1. The fourth-order valence-electron chi connectivity index (χ4n) is 1.80. The lowest BCUT2D eigenvalue weighted by atomic mass is 10.0. The third-order valence-corrected chi connectivity index (χ3v) is 3.53. The Kier molecular flexibility index (Phi) is 3.97. The van der Waals surface area contributed by atoms with Crippen molar-refractivity contribution >= 4 is 15.9 Å². The molecule has 2 heteroatoms. The van der Waals surface area contributed by atoms with Crippen LogP contribution in [0.1, 0.15) is 18.5 Å². The van der Waals surface area contributed by atoms with E-state index in [0.717, 1.165) is 4.47 Å². The van der Waals surface area contributed by atoms with E-state index in [9.17, 15) is 0 Å². The van der Waals surface area contributed by atoms with Crippen molar-refractivity contribution in [3.05, 3.63) is 58.6 Å². The summed E-state index contributed by atoms with van der Waals surface area (Å²) in [6.45, 7) is 2.17. The monoisotopic (exact) mass is 289 g/mol. The molecule has 0 aliphatic carbocycles. The quantitative estimate of drug-likeness (QED) is 0.883. The Morgan fingerprint density at radius 1 is 1.00 bits per heavy atom. The third-order valence-electron chi connectivity index (χ3n) is 3.00. The first-order valence-corrected chi connectivity index (χ1v) is 6.53. The Balaban J connectivity index is 2.36. The van der Waals surface area contributed by atoms with Crippen molar-refractivity contribution < 1.29 is 0 Å². The summed E-state index contributed by atoms with van der Waals surface area (Å²) >= 11 is 3.46. The number of hydrogen-bond donors (Lipinski definition) is 1. The minimum Gasteiger partial charge on any atom is -0.313 e. The minimum atomic E-state index is 0.380. The molecule has 1 atom stereocenters. The first-order chi connectivity index (χ1) is 8.20. The van der Waals surface area contributed by atoms with E-state index < -0.39 is 0 Å². The molecule has 0 bridgehead atoms. The van der Waals surface area contributed by atoms with Crippen LogP contribution in [-0.2, 0) is 0 Å². The molecule has 0 aromatic heterocycles. The zero-order valence-electron chi connectivity index (χ0n) is 10.1. The Morgan fingerprint density at radius 3 is 2.35 bits per heavy atom. The van der Waals surface area contributed by atoms with Crippen molar-refractivity contribution in [2.24, 2.45) is 0 Å². The van der Waals surface area contributed by atoms with Crippen LogP contribution in [0, 0.1) is 0 Å². The van der Waals surface area contributed by atoms with Crippen LogP contribution >= 0.6 is 15.9 Å². The summed E-state index contributed by atoms with van der Waals surface area (Å²) in [6, 6.07) is 17.4. The van der Waals surface area contributed by atoms with Gasteiger partial charge in [-0.25, -0.2) is 0 Å². The van der Waals surface area contributed by atoms with Gasteiger partial charge in [0.05, 0.1) is 0 Å². The average Bonchev–Trinajstić information content (AvgIpc) is 2.39. The second-order valence-corrected chi connectivity index (χ2v) is 5.06. The lowest BCUT2D eigenvalue weighted by molar-refractivity contribution is 0.652. The van der Waals surface area contributed by atoms with Crippen LogP contribution in [0.2, 0.25) is 0 Å². The van der Waals surface area contributed by atoms with E-state index in [-0.39, 0.29) is 0 Å².